The van der Waals surface area contributed by atoms with Crippen LogP contribution in [0.15, 0.2) is 6.33 Å². The standard InChI is InChI=1S/C10H16N4O3/c1-4-8(11)12-3-13-9(4)14-10-7(16)6(15)5(2)17-10/h3,5-7,10,15-16H,1-2H3,(H3,11,12,13,14)/t5-,6-,7-,10-/m1/s1. The first kappa shape index (κ1) is 12.0. The van der Waals surface area contributed by atoms with Crippen molar-refractivity contribution in [1.29, 1.82) is 0 Å². The Balaban J connectivity index is 2.14. The number of hydrogen-bond donors (Lipinski definition) is 4. The molecule has 0 amide bonds. The molecule has 0 saturated carbocycles. The Hall–Kier alpha value is -1.44. The zero-order valence-electron chi connectivity index (χ0n) is 9.66. The van der Waals surface area contributed by atoms with E-state index in [1.165, 1.54) is 6.33 Å². The Morgan fingerprint density at radius 3 is 2.65 bits per heavy atom. The number of nitrogen functional groups attached to an aromatic ring is 1. The minimum Gasteiger partial charge on any atom is -0.388 e. The summed E-state index contributed by atoms with van der Waals surface area (Å²) >= 11 is 0. The van der Waals surface area contributed by atoms with Crippen molar-refractivity contribution in [2.75, 3.05) is 11.1 Å². The zero-order valence-corrected chi connectivity index (χ0v) is 9.66. The van der Waals surface area contributed by atoms with E-state index in [1.54, 1.807) is 13.8 Å². The lowest BCUT2D eigenvalue weighted by Gasteiger charge is -2.18. The van der Waals surface area contributed by atoms with Crippen LogP contribution in [0.25, 0.3) is 0 Å². The fourth-order valence-electron chi connectivity index (χ4n) is 1.71. The summed E-state index contributed by atoms with van der Waals surface area (Å²) in [6.45, 7) is 3.45. The number of anilines is 2. The van der Waals surface area contributed by atoms with Crippen LogP contribution in [0.1, 0.15) is 12.5 Å². The molecule has 1 aromatic rings. The van der Waals surface area contributed by atoms with Crippen molar-refractivity contribution in [2.24, 2.45) is 0 Å². The predicted octanol–water partition coefficient (Wildman–Crippen LogP) is -0.754. The van der Waals surface area contributed by atoms with Crippen molar-refractivity contribution >= 4 is 11.6 Å². The topological polar surface area (TPSA) is 114 Å². The Labute approximate surface area is 98.6 Å². The van der Waals surface area contributed by atoms with Crippen LogP contribution in [0, 0.1) is 6.92 Å². The average Bonchev–Trinajstić information content (AvgIpc) is 2.53. The lowest BCUT2D eigenvalue weighted by Crippen LogP contribution is -2.36. The first-order valence-electron chi connectivity index (χ1n) is 5.36. The van der Waals surface area contributed by atoms with Crippen molar-refractivity contribution in [1.82, 2.24) is 9.97 Å². The molecule has 1 aliphatic heterocycles. The molecule has 5 N–H and O–H groups in total. The van der Waals surface area contributed by atoms with E-state index in [-0.39, 0.29) is 0 Å². The normalized spacial score (nSPS) is 32.7. The van der Waals surface area contributed by atoms with E-state index >= 15 is 0 Å². The quantitative estimate of drug-likeness (QED) is 0.537. The van der Waals surface area contributed by atoms with Crippen molar-refractivity contribution in [3.63, 3.8) is 0 Å². The molecule has 1 fully saturated rings. The van der Waals surface area contributed by atoms with E-state index in [9.17, 15) is 10.2 Å². The number of aliphatic hydroxyl groups is 2. The van der Waals surface area contributed by atoms with Crippen LogP contribution in [0.4, 0.5) is 11.6 Å². The Kier molecular flexibility index (Phi) is 3.14. The van der Waals surface area contributed by atoms with E-state index in [0.717, 1.165) is 0 Å². The van der Waals surface area contributed by atoms with Gasteiger partial charge in [0.05, 0.1) is 6.10 Å². The second kappa shape index (κ2) is 4.44. The van der Waals surface area contributed by atoms with Gasteiger partial charge < -0.3 is 26.0 Å². The van der Waals surface area contributed by atoms with Crippen molar-refractivity contribution in [2.45, 2.75) is 38.4 Å². The van der Waals surface area contributed by atoms with Gasteiger partial charge in [-0.05, 0) is 13.8 Å². The van der Waals surface area contributed by atoms with Gasteiger partial charge in [0.15, 0.2) is 6.23 Å². The molecular formula is C10H16N4O3. The van der Waals surface area contributed by atoms with Gasteiger partial charge in [-0.15, -0.1) is 0 Å². The van der Waals surface area contributed by atoms with Crippen LogP contribution < -0.4 is 11.1 Å². The number of ether oxygens (including phenoxy) is 1. The Morgan fingerprint density at radius 1 is 1.35 bits per heavy atom. The van der Waals surface area contributed by atoms with E-state index in [4.69, 9.17) is 10.5 Å². The van der Waals surface area contributed by atoms with Crippen molar-refractivity contribution in [3.05, 3.63) is 11.9 Å². The molecule has 7 heteroatoms. The molecule has 0 aromatic carbocycles. The van der Waals surface area contributed by atoms with E-state index in [1.807, 2.05) is 0 Å². The van der Waals surface area contributed by atoms with Gasteiger partial charge in [-0.1, -0.05) is 0 Å². The van der Waals surface area contributed by atoms with Gasteiger partial charge in [0.1, 0.15) is 30.2 Å². The third-order valence-corrected chi connectivity index (χ3v) is 2.90. The summed E-state index contributed by atoms with van der Waals surface area (Å²) in [7, 11) is 0. The minimum atomic E-state index is -0.999. The number of nitrogens with one attached hydrogen (secondary N) is 1. The molecule has 1 aromatic heterocycles. The molecule has 1 aliphatic rings. The Bertz CT molecular complexity index is 415. The lowest BCUT2D eigenvalue weighted by atomic mass is 10.1. The molecule has 94 valence electrons. The molecule has 0 spiro atoms. The highest BCUT2D eigenvalue weighted by molar-refractivity contribution is 5.54. The Morgan fingerprint density at radius 2 is 2.06 bits per heavy atom. The molecule has 0 aliphatic carbocycles. The third kappa shape index (κ3) is 2.17. The van der Waals surface area contributed by atoms with E-state index in [2.05, 4.69) is 15.3 Å². The van der Waals surface area contributed by atoms with E-state index in [0.29, 0.717) is 17.2 Å². The fraction of sp³-hybridized carbons (Fsp3) is 0.600. The summed E-state index contributed by atoms with van der Waals surface area (Å²) in [6.07, 6.45) is -1.71. The van der Waals surface area contributed by atoms with Gasteiger partial charge >= 0.3 is 0 Å². The number of aromatic nitrogens is 2. The van der Waals surface area contributed by atoms with Crippen LogP contribution in [-0.2, 0) is 4.74 Å². The van der Waals surface area contributed by atoms with Gasteiger partial charge in [-0.2, -0.15) is 0 Å². The summed E-state index contributed by atoms with van der Waals surface area (Å²) in [6, 6.07) is 0. The monoisotopic (exact) mass is 240 g/mol. The van der Waals surface area contributed by atoms with Crippen molar-refractivity contribution in [3.8, 4) is 0 Å². The highest BCUT2D eigenvalue weighted by Gasteiger charge is 2.40. The second-order valence-electron chi connectivity index (χ2n) is 4.12. The molecule has 0 radical (unpaired) electrons. The fourth-order valence-corrected chi connectivity index (χ4v) is 1.71. The summed E-state index contributed by atoms with van der Waals surface area (Å²) in [5, 5.41) is 22.2. The molecule has 17 heavy (non-hydrogen) atoms. The predicted molar refractivity (Wildman–Crippen MR) is 61.2 cm³/mol. The van der Waals surface area contributed by atoms with E-state index < -0.39 is 24.5 Å². The highest BCUT2D eigenvalue weighted by Crippen LogP contribution is 2.24. The molecule has 1 saturated heterocycles. The van der Waals surface area contributed by atoms with Gasteiger partial charge in [-0.25, -0.2) is 9.97 Å². The maximum absolute atomic E-state index is 9.74. The van der Waals surface area contributed by atoms with Gasteiger partial charge in [-0.3, -0.25) is 0 Å². The molecule has 0 unspecified atom stereocenters. The lowest BCUT2D eigenvalue weighted by molar-refractivity contribution is 0.0310. The maximum Gasteiger partial charge on any atom is 0.158 e. The number of nitrogens with zero attached hydrogens (tertiary/aromatic N) is 2. The number of rotatable bonds is 2. The number of hydrogen-bond acceptors (Lipinski definition) is 7. The van der Waals surface area contributed by atoms with Crippen LogP contribution >= 0.6 is 0 Å². The maximum atomic E-state index is 9.74. The molecule has 0 bridgehead atoms. The van der Waals surface area contributed by atoms with Crippen molar-refractivity contribution < 1.29 is 14.9 Å². The average molecular weight is 240 g/mol. The zero-order chi connectivity index (χ0) is 12.6. The first-order valence-corrected chi connectivity index (χ1v) is 5.36. The third-order valence-electron chi connectivity index (χ3n) is 2.90. The number of nitrogens with two attached hydrogens (primary N) is 1. The summed E-state index contributed by atoms with van der Waals surface area (Å²) in [5.74, 6) is 0.853. The van der Waals surface area contributed by atoms with Gasteiger partial charge in [0, 0.05) is 5.56 Å². The smallest absolute Gasteiger partial charge is 0.158 e. The highest BCUT2D eigenvalue weighted by atomic mass is 16.6. The molecule has 7 nitrogen and oxygen atoms in total. The second-order valence-corrected chi connectivity index (χ2v) is 4.12. The minimum absolute atomic E-state index is 0.364. The largest absolute Gasteiger partial charge is 0.388 e. The van der Waals surface area contributed by atoms with Crippen LogP contribution in [0.5, 0.6) is 0 Å². The van der Waals surface area contributed by atoms with Crippen LogP contribution in [0.3, 0.4) is 0 Å². The molecule has 4 atom stereocenters. The molecule has 2 heterocycles. The van der Waals surface area contributed by atoms with Crippen LogP contribution in [-0.4, -0.2) is 44.7 Å². The summed E-state index contributed by atoms with van der Waals surface area (Å²) in [4.78, 5) is 7.85. The number of aliphatic hydroxyl groups excluding tert-OH is 2. The van der Waals surface area contributed by atoms with Gasteiger partial charge in [0.25, 0.3) is 0 Å². The van der Waals surface area contributed by atoms with Gasteiger partial charge in [0.2, 0.25) is 0 Å². The molecule has 2 rings (SSSR count). The molecular weight excluding hydrogens is 224 g/mol. The van der Waals surface area contributed by atoms with Crippen LogP contribution in [0.2, 0.25) is 0 Å². The SMILES string of the molecule is Cc1c(N)ncnc1N[C@@H]1O[C@H](C)[C@@H](O)[C@H]1O. The summed E-state index contributed by atoms with van der Waals surface area (Å²) < 4.78 is 5.37. The first-order chi connectivity index (χ1) is 8.00. The summed E-state index contributed by atoms with van der Waals surface area (Å²) in [5.41, 5.74) is 6.32.